The Bertz CT molecular complexity index is 536. The highest BCUT2D eigenvalue weighted by Gasteiger charge is 2.36. The Labute approximate surface area is 113 Å². The van der Waals surface area contributed by atoms with E-state index in [0.29, 0.717) is 13.0 Å². The molecule has 0 aliphatic carbocycles. The molecule has 1 amide bonds. The number of hydrogen-bond donors (Lipinski definition) is 0. The number of carbonyl (C=O) groups is 2. The van der Waals surface area contributed by atoms with Crippen molar-refractivity contribution in [3.05, 3.63) is 28.8 Å². The Morgan fingerprint density at radius 3 is 2.63 bits per heavy atom. The minimum atomic E-state index is -0.709. The largest absolute Gasteiger partial charge is 0.465 e. The minimum absolute atomic E-state index is 0.186. The molecule has 0 saturated carbocycles. The average Bonchev–Trinajstić information content (AvgIpc) is 2.36. The fourth-order valence-corrected chi connectivity index (χ4v) is 2.42. The van der Waals surface area contributed by atoms with Gasteiger partial charge in [0, 0.05) is 12.7 Å². The van der Waals surface area contributed by atoms with Crippen LogP contribution in [0.4, 0.5) is 5.69 Å². The van der Waals surface area contributed by atoms with Crippen molar-refractivity contribution in [2.75, 3.05) is 18.6 Å². The van der Waals surface area contributed by atoms with E-state index in [4.69, 9.17) is 4.74 Å². The summed E-state index contributed by atoms with van der Waals surface area (Å²) in [5.74, 6) is -1.32. The number of fused-ring (bicyclic) bond motifs is 1. The van der Waals surface area contributed by atoms with Crippen LogP contribution in [0.5, 0.6) is 0 Å². The fraction of sp³-hybridized carbons (Fsp3) is 0.467. The number of rotatable bonds is 2. The summed E-state index contributed by atoms with van der Waals surface area (Å²) in [5.41, 5.74) is 4.24. The lowest BCUT2D eigenvalue weighted by molar-refractivity contribution is -0.151. The van der Waals surface area contributed by atoms with Gasteiger partial charge in [-0.05, 0) is 49.9 Å². The SMILES string of the molecule is CCOC(=O)[C@H]1Cc2cc(C)c(C)cc2N(C)C1=O. The predicted molar refractivity (Wildman–Crippen MR) is 73.2 cm³/mol. The molecule has 1 heterocycles. The smallest absolute Gasteiger partial charge is 0.318 e. The van der Waals surface area contributed by atoms with Gasteiger partial charge in [-0.2, -0.15) is 0 Å². The lowest BCUT2D eigenvalue weighted by Gasteiger charge is -2.31. The molecule has 4 nitrogen and oxygen atoms in total. The molecule has 1 atom stereocenters. The highest BCUT2D eigenvalue weighted by molar-refractivity contribution is 6.08. The van der Waals surface area contributed by atoms with E-state index in [1.807, 2.05) is 19.9 Å². The second-order valence-electron chi connectivity index (χ2n) is 4.97. The fourth-order valence-electron chi connectivity index (χ4n) is 2.42. The van der Waals surface area contributed by atoms with E-state index in [9.17, 15) is 9.59 Å². The van der Waals surface area contributed by atoms with E-state index in [-0.39, 0.29) is 5.91 Å². The van der Waals surface area contributed by atoms with Crippen LogP contribution < -0.4 is 4.90 Å². The molecule has 1 aliphatic rings. The van der Waals surface area contributed by atoms with Crippen molar-refractivity contribution >= 4 is 17.6 Å². The van der Waals surface area contributed by atoms with Crippen LogP contribution in [0.15, 0.2) is 12.1 Å². The number of hydrogen-bond acceptors (Lipinski definition) is 3. The van der Waals surface area contributed by atoms with Gasteiger partial charge in [-0.1, -0.05) is 6.07 Å². The number of benzene rings is 1. The highest BCUT2D eigenvalue weighted by atomic mass is 16.5. The lowest BCUT2D eigenvalue weighted by Crippen LogP contribution is -2.43. The molecule has 0 bridgehead atoms. The number of carbonyl (C=O) groups excluding carboxylic acids is 2. The number of ether oxygens (including phenoxy) is 1. The van der Waals surface area contributed by atoms with Crippen molar-refractivity contribution < 1.29 is 14.3 Å². The number of esters is 1. The zero-order chi connectivity index (χ0) is 14.2. The van der Waals surface area contributed by atoms with E-state index in [1.165, 1.54) is 5.56 Å². The van der Waals surface area contributed by atoms with Crippen LogP contribution in [0.25, 0.3) is 0 Å². The molecular weight excluding hydrogens is 242 g/mol. The number of anilines is 1. The van der Waals surface area contributed by atoms with Crippen LogP contribution in [0.1, 0.15) is 23.6 Å². The Hall–Kier alpha value is -1.84. The van der Waals surface area contributed by atoms with Crippen LogP contribution in [0.3, 0.4) is 0 Å². The van der Waals surface area contributed by atoms with E-state index in [0.717, 1.165) is 16.8 Å². The van der Waals surface area contributed by atoms with Gasteiger partial charge in [0.05, 0.1) is 6.61 Å². The normalized spacial score (nSPS) is 18.2. The lowest BCUT2D eigenvalue weighted by atomic mass is 9.89. The number of aryl methyl sites for hydroxylation is 2. The van der Waals surface area contributed by atoms with E-state index in [2.05, 4.69) is 6.07 Å². The van der Waals surface area contributed by atoms with E-state index < -0.39 is 11.9 Å². The molecule has 0 fully saturated rings. The van der Waals surface area contributed by atoms with Crippen LogP contribution in [-0.2, 0) is 20.7 Å². The summed E-state index contributed by atoms with van der Waals surface area (Å²) in [6, 6.07) is 4.06. The van der Waals surface area contributed by atoms with Crippen LogP contribution >= 0.6 is 0 Å². The van der Waals surface area contributed by atoms with Gasteiger partial charge in [-0.25, -0.2) is 0 Å². The Morgan fingerprint density at radius 2 is 2.00 bits per heavy atom. The standard InChI is InChI=1S/C15H19NO3/c1-5-19-15(18)12-8-11-6-9(2)10(3)7-13(11)16(4)14(12)17/h6-7,12H,5,8H2,1-4H3/t12-/m0/s1. The molecule has 102 valence electrons. The van der Waals surface area contributed by atoms with Crippen molar-refractivity contribution in [3.8, 4) is 0 Å². The van der Waals surface area contributed by atoms with E-state index in [1.54, 1.807) is 18.9 Å². The first-order valence-electron chi connectivity index (χ1n) is 6.50. The molecule has 2 rings (SSSR count). The molecule has 0 radical (unpaired) electrons. The predicted octanol–water partition coefficient (Wildman–Crippen LogP) is 2.00. The first-order valence-corrected chi connectivity index (χ1v) is 6.50. The summed E-state index contributed by atoms with van der Waals surface area (Å²) < 4.78 is 4.98. The molecular formula is C15H19NO3. The van der Waals surface area contributed by atoms with E-state index >= 15 is 0 Å². The second-order valence-corrected chi connectivity index (χ2v) is 4.97. The summed E-state index contributed by atoms with van der Waals surface area (Å²) in [4.78, 5) is 25.6. The zero-order valence-electron chi connectivity index (χ0n) is 11.8. The first kappa shape index (κ1) is 13.6. The summed E-state index contributed by atoms with van der Waals surface area (Å²) in [7, 11) is 1.71. The molecule has 0 saturated heterocycles. The van der Waals surface area contributed by atoms with Gasteiger partial charge in [0.25, 0.3) is 0 Å². The van der Waals surface area contributed by atoms with Crippen LogP contribution in [-0.4, -0.2) is 25.5 Å². The number of amides is 1. The third kappa shape index (κ3) is 2.35. The maximum atomic E-state index is 12.2. The maximum absolute atomic E-state index is 12.2. The van der Waals surface area contributed by atoms with Crippen molar-refractivity contribution in [3.63, 3.8) is 0 Å². The van der Waals surface area contributed by atoms with Gasteiger partial charge < -0.3 is 9.64 Å². The molecule has 4 heteroatoms. The molecule has 19 heavy (non-hydrogen) atoms. The van der Waals surface area contributed by atoms with Gasteiger partial charge in [0.15, 0.2) is 0 Å². The third-order valence-corrected chi connectivity index (χ3v) is 3.68. The number of nitrogens with zero attached hydrogens (tertiary/aromatic N) is 1. The maximum Gasteiger partial charge on any atom is 0.318 e. The van der Waals surface area contributed by atoms with Crippen molar-refractivity contribution in [2.24, 2.45) is 5.92 Å². The van der Waals surface area contributed by atoms with Gasteiger partial charge in [0.2, 0.25) is 5.91 Å². The molecule has 0 unspecified atom stereocenters. The third-order valence-electron chi connectivity index (χ3n) is 3.68. The molecule has 1 aromatic rings. The Kier molecular flexibility index (Phi) is 3.60. The molecule has 1 aliphatic heterocycles. The summed E-state index contributed by atoms with van der Waals surface area (Å²) in [5, 5.41) is 0. The second kappa shape index (κ2) is 5.03. The van der Waals surface area contributed by atoms with Gasteiger partial charge >= 0.3 is 5.97 Å². The topological polar surface area (TPSA) is 46.6 Å². The van der Waals surface area contributed by atoms with Crippen molar-refractivity contribution in [1.82, 2.24) is 0 Å². The monoisotopic (exact) mass is 261 g/mol. The summed E-state index contributed by atoms with van der Waals surface area (Å²) >= 11 is 0. The molecule has 0 N–H and O–H groups in total. The highest BCUT2D eigenvalue weighted by Crippen LogP contribution is 2.32. The van der Waals surface area contributed by atoms with Gasteiger partial charge in [-0.3, -0.25) is 9.59 Å². The summed E-state index contributed by atoms with van der Waals surface area (Å²) in [6.45, 7) is 6.10. The van der Waals surface area contributed by atoms with Crippen LogP contribution in [0.2, 0.25) is 0 Å². The summed E-state index contributed by atoms with van der Waals surface area (Å²) in [6.07, 6.45) is 0.429. The molecule has 0 spiro atoms. The first-order chi connectivity index (χ1) is 8.95. The average molecular weight is 261 g/mol. The Balaban J connectivity index is 2.40. The zero-order valence-corrected chi connectivity index (χ0v) is 11.8. The quantitative estimate of drug-likeness (QED) is 0.604. The minimum Gasteiger partial charge on any atom is -0.465 e. The van der Waals surface area contributed by atoms with Crippen LogP contribution in [0, 0.1) is 19.8 Å². The molecule has 0 aromatic heterocycles. The van der Waals surface area contributed by atoms with Gasteiger partial charge in [-0.15, -0.1) is 0 Å². The molecule has 1 aromatic carbocycles. The Morgan fingerprint density at radius 1 is 1.37 bits per heavy atom. The van der Waals surface area contributed by atoms with Gasteiger partial charge in [0.1, 0.15) is 5.92 Å². The van der Waals surface area contributed by atoms with Crippen molar-refractivity contribution in [2.45, 2.75) is 27.2 Å². The van der Waals surface area contributed by atoms with Crippen molar-refractivity contribution in [1.29, 1.82) is 0 Å².